The first-order valence-electron chi connectivity index (χ1n) is 13.0. The van der Waals surface area contributed by atoms with E-state index in [1.807, 2.05) is 11.0 Å². The maximum absolute atomic E-state index is 14.2. The Labute approximate surface area is 233 Å². The number of halogens is 3. The van der Waals surface area contributed by atoms with Crippen LogP contribution in [0.3, 0.4) is 0 Å². The Kier molecular flexibility index (Phi) is 8.23. The van der Waals surface area contributed by atoms with Gasteiger partial charge in [0.1, 0.15) is 11.3 Å². The van der Waals surface area contributed by atoms with Gasteiger partial charge in [-0.1, -0.05) is 0 Å². The maximum atomic E-state index is 14.2. The van der Waals surface area contributed by atoms with Gasteiger partial charge in [-0.2, -0.15) is 13.2 Å². The maximum Gasteiger partial charge on any atom is 0.417 e. The number of aromatic nitrogens is 4. The number of fused-ring (bicyclic) bond motifs is 1. The number of rotatable bonds is 6. The highest BCUT2D eigenvalue weighted by atomic mass is 19.4. The fourth-order valence-corrected chi connectivity index (χ4v) is 4.88. The van der Waals surface area contributed by atoms with E-state index >= 15 is 0 Å². The number of carbonyl (C=O) groups excluding carboxylic acids is 2. The van der Waals surface area contributed by atoms with Crippen LogP contribution in [-0.4, -0.2) is 108 Å². The molecule has 2 fully saturated rings. The van der Waals surface area contributed by atoms with E-state index < -0.39 is 17.8 Å². The van der Waals surface area contributed by atoms with Crippen molar-refractivity contribution < 1.29 is 32.2 Å². The van der Waals surface area contributed by atoms with E-state index in [-0.39, 0.29) is 29.7 Å². The number of alkyl halides is 3. The number of carbonyl (C=O) groups is 2. The number of morpholine rings is 1. The van der Waals surface area contributed by atoms with Gasteiger partial charge in [-0.15, -0.1) is 5.10 Å². The Balaban J connectivity index is 1.51. The molecule has 2 aliphatic heterocycles. The Morgan fingerprint density at radius 1 is 1.12 bits per heavy atom. The third-order valence-corrected chi connectivity index (χ3v) is 6.98. The molecule has 41 heavy (non-hydrogen) atoms. The lowest BCUT2D eigenvalue weighted by molar-refractivity contribution is -0.137. The van der Waals surface area contributed by atoms with Crippen molar-refractivity contribution in [1.82, 2.24) is 29.4 Å². The molecule has 0 aromatic carbocycles. The van der Waals surface area contributed by atoms with Crippen LogP contribution in [0.15, 0.2) is 24.5 Å². The molecule has 13 nitrogen and oxygen atoms in total. The lowest BCUT2D eigenvalue weighted by Gasteiger charge is -2.34. The fourth-order valence-electron chi connectivity index (χ4n) is 4.88. The number of nitrogens with one attached hydrogen (secondary N) is 1. The number of pyridine rings is 1. The number of amides is 2. The molecule has 0 radical (unpaired) electrons. The normalized spacial score (nSPS) is 16.7. The van der Waals surface area contributed by atoms with Gasteiger partial charge in [-0.05, 0) is 17.7 Å². The summed E-state index contributed by atoms with van der Waals surface area (Å²) in [5, 5.41) is 6.61. The van der Waals surface area contributed by atoms with Gasteiger partial charge in [0.15, 0.2) is 11.6 Å². The SMILES string of the molecule is COC(=O)Nc1cc(C(F)(F)F)c(-c2nc(N3CCOCC3)c3cc(CN4CCN(C(=O)CN)CC4)cn3n2)cn1. The lowest BCUT2D eigenvalue weighted by Crippen LogP contribution is -2.49. The average molecular weight is 578 g/mol. The standard InChI is InChI=1S/C25H30F3N9O4/c1-40-24(39)31-20-11-18(25(26,27)28)17(13-30-20)22-32-23(36-6-8-41-9-7-36)19-10-16(15-37(19)33-22)14-34-2-4-35(5-3-34)21(38)12-29/h10-11,13,15H,2-9,12,14,29H2,1H3,(H,30,31,39). The van der Waals surface area contributed by atoms with Crippen LogP contribution in [0.2, 0.25) is 0 Å². The number of hydrogen-bond acceptors (Lipinski definition) is 10. The van der Waals surface area contributed by atoms with Crippen molar-refractivity contribution in [3.63, 3.8) is 0 Å². The number of nitrogens with zero attached hydrogens (tertiary/aromatic N) is 7. The fraction of sp³-hybridized carbons (Fsp3) is 0.480. The van der Waals surface area contributed by atoms with Crippen LogP contribution < -0.4 is 16.0 Å². The molecular weight excluding hydrogens is 547 g/mol. The minimum atomic E-state index is -4.78. The van der Waals surface area contributed by atoms with Gasteiger partial charge in [-0.3, -0.25) is 15.0 Å². The summed E-state index contributed by atoms with van der Waals surface area (Å²) in [4.78, 5) is 37.9. The third-order valence-electron chi connectivity index (χ3n) is 6.98. The zero-order chi connectivity index (χ0) is 29.1. The summed E-state index contributed by atoms with van der Waals surface area (Å²) in [6, 6.07) is 2.66. The largest absolute Gasteiger partial charge is 0.453 e. The van der Waals surface area contributed by atoms with Crippen LogP contribution in [-0.2, 0) is 27.0 Å². The predicted octanol–water partition coefficient (Wildman–Crippen LogP) is 1.43. The lowest BCUT2D eigenvalue weighted by atomic mass is 10.1. The van der Waals surface area contributed by atoms with Gasteiger partial charge in [0, 0.05) is 58.2 Å². The first-order chi connectivity index (χ1) is 19.7. The number of anilines is 2. The third kappa shape index (κ3) is 6.34. The number of methoxy groups -OCH3 is 1. The van der Waals surface area contributed by atoms with Crippen LogP contribution in [0.4, 0.5) is 29.6 Å². The molecule has 220 valence electrons. The van der Waals surface area contributed by atoms with Crippen molar-refractivity contribution in [3.8, 4) is 11.4 Å². The minimum absolute atomic E-state index is 0.0215. The topological polar surface area (TPSA) is 143 Å². The summed E-state index contributed by atoms with van der Waals surface area (Å²) in [5.41, 5.74) is 5.64. The molecule has 5 rings (SSSR count). The van der Waals surface area contributed by atoms with Crippen LogP contribution in [0.25, 0.3) is 16.9 Å². The summed E-state index contributed by atoms with van der Waals surface area (Å²) < 4.78 is 54.0. The van der Waals surface area contributed by atoms with Gasteiger partial charge < -0.3 is 25.0 Å². The molecule has 0 unspecified atom stereocenters. The van der Waals surface area contributed by atoms with Crippen molar-refractivity contribution in [2.45, 2.75) is 12.7 Å². The Hall–Kier alpha value is -4.02. The molecule has 3 N–H and O–H groups in total. The van der Waals surface area contributed by atoms with Gasteiger partial charge in [0.05, 0.1) is 38.0 Å². The predicted molar refractivity (Wildman–Crippen MR) is 141 cm³/mol. The number of hydrogen-bond donors (Lipinski definition) is 2. The van der Waals surface area contributed by atoms with Crippen molar-refractivity contribution in [1.29, 1.82) is 0 Å². The van der Waals surface area contributed by atoms with E-state index in [0.29, 0.717) is 70.4 Å². The summed E-state index contributed by atoms with van der Waals surface area (Å²) >= 11 is 0. The van der Waals surface area contributed by atoms with E-state index in [1.54, 1.807) is 11.1 Å². The molecule has 0 aliphatic carbocycles. The molecule has 0 atom stereocenters. The molecule has 0 saturated carbocycles. The van der Waals surface area contributed by atoms with E-state index in [9.17, 15) is 22.8 Å². The number of piperazine rings is 1. The highest BCUT2D eigenvalue weighted by Gasteiger charge is 2.36. The second kappa shape index (κ2) is 11.8. The Bertz CT molecular complexity index is 1420. The van der Waals surface area contributed by atoms with Crippen molar-refractivity contribution in [2.24, 2.45) is 5.73 Å². The van der Waals surface area contributed by atoms with Crippen molar-refractivity contribution >= 4 is 29.2 Å². The van der Waals surface area contributed by atoms with Gasteiger partial charge >= 0.3 is 12.3 Å². The van der Waals surface area contributed by atoms with Crippen molar-refractivity contribution in [2.75, 3.05) is 76.4 Å². The highest BCUT2D eigenvalue weighted by molar-refractivity contribution is 5.84. The minimum Gasteiger partial charge on any atom is -0.453 e. The molecule has 3 aromatic rings. The molecule has 2 aliphatic rings. The van der Waals surface area contributed by atoms with Gasteiger partial charge in [-0.25, -0.2) is 19.3 Å². The van der Waals surface area contributed by atoms with Crippen LogP contribution in [0, 0.1) is 0 Å². The smallest absolute Gasteiger partial charge is 0.417 e. The van der Waals surface area contributed by atoms with Crippen LogP contribution in [0.1, 0.15) is 11.1 Å². The zero-order valence-corrected chi connectivity index (χ0v) is 22.4. The summed E-state index contributed by atoms with van der Waals surface area (Å²) in [7, 11) is 1.10. The summed E-state index contributed by atoms with van der Waals surface area (Å²) in [5.74, 6) is -0.0924. The van der Waals surface area contributed by atoms with Gasteiger partial charge in [0.2, 0.25) is 5.91 Å². The Morgan fingerprint density at radius 2 is 1.85 bits per heavy atom. The van der Waals surface area contributed by atoms with Crippen molar-refractivity contribution in [3.05, 3.63) is 35.7 Å². The molecule has 2 amide bonds. The second-order valence-electron chi connectivity index (χ2n) is 9.63. The second-order valence-corrected chi connectivity index (χ2v) is 9.63. The molecule has 16 heteroatoms. The molecule has 0 spiro atoms. The molecule has 0 bridgehead atoms. The molecular formula is C25H30F3N9O4. The first kappa shape index (κ1) is 28.5. The monoisotopic (exact) mass is 577 g/mol. The highest BCUT2D eigenvalue weighted by Crippen LogP contribution is 2.38. The summed E-state index contributed by atoms with van der Waals surface area (Å²) in [6.07, 6.45) is -2.96. The number of nitrogens with two attached hydrogens (primary N) is 1. The molecule has 3 aromatic heterocycles. The first-order valence-corrected chi connectivity index (χ1v) is 13.0. The molecule has 2 saturated heterocycles. The van der Waals surface area contributed by atoms with Crippen LogP contribution >= 0.6 is 0 Å². The molecule has 5 heterocycles. The van der Waals surface area contributed by atoms with E-state index in [0.717, 1.165) is 24.9 Å². The Morgan fingerprint density at radius 3 is 2.51 bits per heavy atom. The average Bonchev–Trinajstić information content (AvgIpc) is 3.38. The summed E-state index contributed by atoms with van der Waals surface area (Å²) in [6.45, 7) is 4.94. The van der Waals surface area contributed by atoms with Crippen LogP contribution in [0.5, 0.6) is 0 Å². The van der Waals surface area contributed by atoms with E-state index in [2.05, 4.69) is 30.0 Å². The zero-order valence-electron chi connectivity index (χ0n) is 22.4. The van der Waals surface area contributed by atoms with E-state index in [1.165, 1.54) is 4.52 Å². The number of ether oxygens (including phenoxy) is 2. The quantitative estimate of drug-likeness (QED) is 0.442. The van der Waals surface area contributed by atoms with E-state index in [4.69, 9.17) is 10.5 Å². The van der Waals surface area contributed by atoms with Gasteiger partial charge in [0.25, 0.3) is 0 Å².